The number of hydrogen-bond acceptors (Lipinski definition) is 1. The van der Waals surface area contributed by atoms with Crippen molar-refractivity contribution in [3.8, 4) is 0 Å². The third-order valence-corrected chi connectivity index (χ3v) is 3.49. The topological polar surface area (TPSA) is 29.1 Å². The normalized spacial score (nSPS) is 10.3. The molecule has 0 aromatic heterocycles. The Labute approximate surface area is 120 Å². The van der Waals surface area contributed by atoms with Gasteiger partial charge in [-0.25, -0.2) is 0 Å². The molecule has 0 spiro atoms. The molecule has 1 N–H and O–H groups in total. The smallest absolute Gasteiger partial charge is 0.228 e. The molecule has 104 valence electrons. The van der Waals surface area contributed by atoms with Gasteiger partial charge in [-0.3, -0.25) is 4.79 Å². The molecule has 0 fully saturated rings. The van der Waals surface area contributed by atoms with Crippen LogP contribution >= 0.6 is 0 Å². The van der Waals surface area contributed by atoms with E-state index in [2.05, 4.69) is 18.3 Å². The van der Waals surface area contributed by atoms with Crippen molar-refractivity contribution in [3.63, 3.8) is 0 Å². The van der Waals surface area contributed by atoms with Crippen LogP contribution in [0.2, 0.25) is 0 Å². The van der Waals surface area contributed by atoms with Crippen LogP contribution in [-0.4, -0.2) is 5.91 Å². The van der Waals surface area contributed by atoms with Gasteiger partial charge in [-0.15, -0.1) is 0 Å². The number of aryl methyl sites for hydroxylation is 3. The average Bonchev–Trinajstić information content (AvgIpc) is 2.43. The maximum atomic E-state index is 12.2. The van der Waals surface area contributed by atoms with Crippen LogP contribution in [0.4, 0.5) is 5.69 Å². The van der Waals surface area contributed by atoms with E-state index in [-0.39, 0.29) is 5.91 Å². The second-order valence-corrected chi connectivity index (χ2v) is 5.17. The predicted octanol–water partition coefficient (Wildman–Crippen LogP) is 4.05. The summed E-state index contributed by atoms with van der Waals surface area (Å²) in [6, 6.07) is 14.2. The molecular formula is C18H21NO. The third-order valence-electron chi connectivity index (χ3n) is 3.49. The highest BCUT2D eigenvalue weighted by molar-refractivity contribution is 5.93. The molecule has 0 atom stereocenters. The van der Waals surface area contributed by atoms with E-state index in [4.69, 9.17) is 0 Å². The number of hydrogen-bond donors (Lipinski definition) is 1. The molecule has 0 aliphatic heterocycles. The predicted molar refractivity (Wildman–Crippen MR) is 84.1 cm³/mol. The summed E-state index contributed by atoms with van der Waals surface area (Å²) in [4.78, 5) is 12.2. The van der Waals surface area contributed by atoms with Crippen LogP contribution in [0.1, 0.15) is 29.2 Å². The molecule has 0 unspecified atom stereocenters. The highest BCUT2D eigenvalue weighted by atomic mass is 16.1. The molecule has 1 amide bonds. The van der Waals surface area contributed by atoms with Gasteiger partial charge < -0.3 is 5.32 Å². The van der Waals surface area contributed by atoms with Gasteiger partial charge in [0.15, 0.2) is 0 Å². The molecule has 2 aromatic carbocycles. The van der Waals surface area contributed by atoms with Gasteiger partial charge in [0.2, 0.25) is 5.91 Å². The molecule has 0 aliphatic carbocycles. The molecule has 0 aliphatic rings. The lowest BCUT2D eigenvalue weighted by Crippen LogP contribution is -2.16. The van der Waals surface area contributed by atoms with Crippen LogP contribution in [-0.2, 0) is 17.6 Å². The van der Waals surface area contributed by atoms with Crippen LogP contribution < -0.4 is 5.32 Å². The van der Waals surface area contributed by atoms with Gasteiger partial charge in [0.05, 0.1) is 6.42 Å². The van der Waals surface area contributed by atoms with Crippen molar-refractivity contribution >= 4 is 11.6 Å². The minimum absolute atomic E-state index is 0.0397. The van der Waals surface area contributed by atoms with E-state index in [0.29, 0.717) is 6.42 Å². The van der Waals surface area contributed by atoms with Crippen LogP contribution in [0.5, 0.6) is 0 Å². The van der Waals surface area contributed by atoms with Crippen LogP contribution in [0, 0.1) is 13.8 Å². The Bertz CT molecular complexity index is 599. The maximum absolute atomic E-state index is 12.2. The van der Waals surface area contributed by atoms with E-state index >= 15 is 0 Å². The summed E-state index contributed by atoms with van der Waals surface area (Å²) in [6.45, 7) is 6.18. The van der Waals surface area contributed by atoms with Crippen molar-refractivity contribution < 1.29 is 4.79 Å². The first-order valence-electron chi connectivity index (χ1n) is 7.04. The minimum atomic E-state index is 0.0397. The lowest BCUT2D eigenvalue weighted by Gasteiger charge is -2.13. The highest BCUT2D eigenvalue weighted by Gasteiger charge is 2.09. The largest absolute Gasteiger partial charge is 0.325 e. The van der Waals surface area contributed by atoms with Crippen molar-refractivity contribution in [3.05, 3.63) is 64.7 Å². The highest BCUT2D eigenvalue weighted by Crippen LogP contribution is 2.21. The van der Waals surface area contributed by atoms with E-state index in [1.807, 2.05) is 50.2 Å². The number of carbonyl (C=O) groups is 1. The summed E-state index contributed by atoms with van der Waals surface area (Å²) < 4.78 is 0. The van der Waals surface area contributed by atoms with E-state index in [1.165, 1.54) is 11.1 Å². The lowest BCUT2D eigenvalue weighted by atomic mass is 10.0. The van der Waals surface area contributed by atoms with Crippen LogP contribution in [0.3, 0.4) is 0 Å². The van der Waals surface area contributed by atoms with E-state index in [9.17, 15) is 4.79 Å². The standard InChI is InChI=1S/C18H21NO/c1-4-16-7-5-6-14(3)18(16)19-17(20)12-15-10-8-13(2)9-11-15/h5-11H,4,12H2,1-3H3,(H,19,20). The average molecular weight is 267 g/mol. The van der Waals surface area contributed by atoms with Gasteiger partial charge in [-0.05, 0) is 37.0 Å². The van der Waals surface area contributed by atoms with Crippen molar-refractivity contribution in [1.29, 1.82) is 0 Å². The molecule has 20 heavy (non-hydrogen) atoms. The fourth-order valence-corrected chi connectivity index (χ4v) is 2.28. The van der Waals surface area contributed by atoms with Gasteiger partial charge in [-0.2, -0.15) is 0 Å². The van der Waals surface area contributed by atoms with Crippen molar-refractivity contribution in [1.82, 2.24) is 0 Å². The van der Waals surface area contributed by atoms with Crippen LogP contribution in [0.25, 0.3) is 0 Å². The molecule has 2 heteroatoms. The Hall–Kier alpha value is -2.09. The zero-order valence-corrected chi connectivity index (χ0v) is 12.4. The van der Waals surface area contributed by atoms with Crippen molar-refractivity contribution in [2.45, 2.75) is 33.6 Å². The SMILES string of the molecule is CCc1cccc(C)c1NC(=O)Cc1ccc(C)cc1. The lowest BCUT2D eigenvalue weighted by molar-refractivity contribution is -0.115. The number of nitrogens with one attached hydrogen (secondary N) is 1. The maximum Gasteiger partial charge on any atom is 0.228 e. The van der Waals surface area contributed by atoms with Gasteiger partial charge >= 0.3 is 0 Å². The van der Waals surface area contributed by atoms with Crippen LogP contribution in [0.15, 0.2) is 42.5 Å². The molecular weight excluding hydrogens is 246 g/mol. The van der Waals surface area contributed by atoms with Gasteiger partial charge in [0.1, 0.15) is 0 Å². The second-order valence-electron chi connectivity index (χ2n) is 5.17. The quantitative estimate of drug-likeness (QED) is 0.889. The van der Waals surface area contributed by atoms with Crippen molar-refractivity contribution in [2.24, 2.45) is 0 Å². The summed E-state index contributed by atoms with van der Waals surface area (Å²) in [5, 5.41) is 3.05. The van der Waals surface area contributed by atoms with E-state index in [0.717, 1.165) is 23.2 Å². The number of benzene rings is 2. The first-order valence-corrected chi connectivity index (χ1v) is 7.04. The van der Waals surface area contributed by atoms with Gasteiger partial charge in [0.25, 0.3) is 0 Å². The van der Waals surface area contributed by atoms with Crippen molar-refractivity contribution in [2.75, 3.05) is 5.32 Å². The second kappa shape index (κ2) is 6.38. The zero-order valence-electron chi connectivity index (χ0n) is 12.4. The number of para-hydroxylation sites is 1. The molecule has 0 radical (unpaired) electrons. The Kier molecular flexibility index (Phi) is 4.57. The Morgan fingerprint density at radius 1 is 1.05 bits per heavy atom. The Morgan fingerprint density at radius 3 is 2.40 bits per heavy atom. The minimum Gasteiger partial charge on any atom is -0.325 e. The Balaban J connectivity index is 2.10. The molecule has 0 saturated heterocycles. The summed E-state index contributed by atoms with van der Waals surface area (Å²) >= 11 is 0. The molecule has 0 heterocycles. The van der Waals surface area contributed by atoms with E-state index in [1.54, 1.807) is 0 Å². The number of carbonyl (C=O) groups excluding carboxylic acids is 1. The van der Waals surface area contributed by atoms with Gasteiger partial charge in [0, 0.05) is 5.69 Å². The monoisotopic (exact) mass is 267 g/mol. The first kappa shape index (κ1) is 14.3. The number of anilines is 1. The molecule has 2 nitrogen and oxygen atoms in total. The summed E-state index contributed by atoms with van der Waals surface area (Å²) in [7, 11) is 0. The number of amides is 1. The first-order chi connectivity index (χ1) is 9.60. The summed E-state index contributed by atoms with van der Waals surface area (Å²) in [5.41, 5.74) is 5.51. The molecule has 0 saturated carbocycles. The third kappa shape index (κ3) is 3.47. The Morgan fingerprint density at radius 2 is 1.75 bits per heavy atom. The number of rotatable bonds is 4. The summed E-state index contributed by atoms with van der Waals surface area (Å²) in [5.74, 6) is 0.0397. The zero-order chi connectivity index (χ0) is 14.5. The summed E-state index contributed by atoms with van der Waals surface area (Å²) in [6.07, 6.45) is 1.33. The fourth-order valence-electron chi connectivity index (χ4n) is 2.28. The molecule has 2 aromatic rings. The fraction of sp³-hybridized carbons (Fsp3) is 0.278. The van der Waals surface area contributed by atoms with E-state index < -0.39 is 0 Å². The van der Waals surface area contributed by atoms with Gasteiger partial charge in [-0.1, -0.05) is 55.0 Å². The molecule has 0 bridgehead atoms. The molecule has 2 rings (SSSR count).